The van der Waals surface area contributed by atoms with E-state index in [1.54, 1.807) is 16.4 Å². The molecule has 0 aliphatic rings. The Hall–Kier alpha value is -2.91. The van der Waals surface area contributed by atoms with Crippen LogP contribution in [0.1, 0.15) is 17.5 Å². The van der Waals surface area contributed by atoms with Crippen molar-refractivity contribution in [2.45, 2.75) is 25.0 Å². The molecule has 158 valence electrons. The van der Waals surface area contributed by atoms with Gasteiger partial charge >= 0.3 is 0 Å². The van der Waals surface area contributed by atoms with Gasteiger partial charge in [0.2, 0.25) is 5.16 Å². The van der Waals surface area contributed by atoms with Crippen molar-refractivity contribution in [2.24, 2.45) is 7.05 Å². The molecule has 1 heterocycles. The Morgan fingerprint density at radius 1 is 1.13 bits per heavy atom. The van der Waals surface area contributed by atoms with Gasteiger partial charge in [0.1, 0.15) is 5.75 Å². The van der Waals surface area contributed by atoms with Gasteiger partial charge in [0.25, 0.3) is 5.91 Å². The van der Waals surface area contributed by atoms with Gasteiger partial charge in [-0.05, 0) is 60.1 Å². The van der Waals surface area contributed by atoms with E-state index in [0.29, 0.717) is 5.75 Å². The molecule has 0 fully saturated rings. The Labute approximate surface area is 180 Å². The number of tetrazole rings is 1. The maximum atomic E-state index is 12.0. The summed E-state index contributed by atoms with van der Waals surface area (Å²) in [6.45, 7) is 3.68. The highest BCUT2D eigenvalue weighted by molar-refractivity contribution is 7.99. The molecule has 0 unspecified atom stereocenters. The van der Waals surface area contributed by atoms with Crippen LogP contribution in [0, 0.1) is 6.92 Å². The summed E-state index contributed by atoms with van der Waals surface area (Å²) in [5.74, 6) is 1.45. The van der Waals surface area contributed by atoms with Crippen LogP contribution in [0.5, 0.6) is 5.75 Å². The Bertz CT molecular complexity index is 927. The van der Waals surface area contributed by atoms with Gasteiger partial charge in [0.15, 0.2) is 6.61 Å². The van der Waals surface area contributed by atoms with Crippen LogP contribution in [0.25, 0.3) is 0 Å². The lowest BCUT2D eigenvalue weighted by atomic mass is 10.2. The minimum absolute atomic E-state index is 0.0236. The van der Waals surface area contributed by atoms with Crippen molar-refractivity contribution in [3.8, 4) is 5.75 Å². The number of thioether (sulfide) groups is 1. The first kappa shape index (κ1) is 21.8. The van der Waals surface area contributed by atoms with E-state index < -0.39 is 0 Å². The highest BCUT2D eigenvalue weighted by Crippen LogP contribution is 2.14. The molecule has 1 aromatic heterocycles. The number of hydrogen-bond donors (Lipinski definition) is 2. The van der Waals surface area contributed by atoms with Crippen molar-refractivity contribution in [3.05, 3.63) is 59.7 Å². The zero-order chi connectivity index (χ0) is 21.2. The molecular weight excluding hydrogens is 400 g/mol. The molecule has 1 amide bonds. The summed E-state index contributed by atoms with van der Waals surface area (Å²) in [5, 5.41) is 18.4. The maximum Gasteiger partial charge on any atom is 0.262 e. The third-order valence-corrected chi connectivity index (χ3v) is 5.36. The molecule has 0 radical (unpaired) electrons. The van der Waals surface area contributed by atoms with E-state index in [4.69, 9.17) is 4.74 Å². The zero-order valence-corrected chi connectivity index (χ0v) is 18.0. The van der Waals surface area contributed by atoms with Crippen molar-refractivity contribution in [1.29, 1.82) is 0 Å². The monoisotopic (exact) mass is 426 g/mol. The summed E-state index contributed by atoms with van der Waals surface area (Å²) in [4.78, 5) is 12.0. The molecule has 3 aromatic rings. The predicted octanol–water partition coefficient (Wildman–Crippen LogP) is 2.81. The number of benzene rings is 2. The summed E-state index contributed by atoms with van der Waals surface area (Å²) in [6.07, 6.45) is 1.02. The highest BCUT2D eigenvalue weighted by Gasteiger charge is 2.04. The molecule has 9 heteroatoms. The second-order valence-corrected chi connectivity index (χ2v) is 7.87. The summed E-state index contributed by atoms with van der Waals surface area (Å²) >= 11 is 1.65. The molecular formula is C21H26N6O2S. The number of amides is 1. The number of aromatic nitrogens is 4. The number of nitrogens with zero attached hydrogens (tertiary/aromatic N) is 4. The lowest BCUT2D eigenvalue weighted by Gasteiger charge is -2.09. The molecule has 30 heavy (non-hydrogen) atoms. The van der Waals surface area contributed by atoms with Crippen LogP contribution in [0.4, 0.5) is 5.69 Å². The van der Waals surface area contributed by atoms with Crippen molar-refractivity contribution in [2.75, 3.05) is 24.2 Å². The topological polar surface area (TPSA) is 94.0 Å². The van der Waals surface area contributed by atoms with Crippen LogP contribution in [0.2, 0.25) is 0 Å². The van der Waals surface area contributed by atoms with Crippen molar-refractivity contribution in [3.63, 3.8) is 0 Å². The summed E-state index contributed by atoms with van der Waals surface area (Å²) in [6, 6.07) is 15.4. The lowest BCUT2D eigenvalue weighted by Crippen LogP contribution is -2.20. The Morgan fingerprint density at radius 3 is 2.60 bits per heavy atom. The molecule has 0 saturated carbocycles. The van der Waals surface area contributed by atoms with E-state index >= 15 is 0 Å². The van der Waals surface area contributed by atoms with Crippen molar-refractivity contribution in [1.82, 2.24) is 25.5 Å². The normalized spacial score (nSPS) is 10.7. The molecule has 0 bridgehead atoms. The first-order valence-electron chi connectivity index (χ1n) is 9.74. The lowest BCUT2D eigenvalue weighted by molar-refractivity contribution is -0.118. The van der Waals surface area contributed by atoms with Gasteiger partial charge in [0.05, 0.1) is 0 Å². The van der Waals surface area contributed by atoms with Gasteiger partial charge in [-0.3, -0.25) is 4.79 Å². The van der Waals surface area contributed by atoms with Crippen LogP contribution in [-0.2, 0) is 18.4 Å². The quantitative estimate of drug-likeness (QED) is 0.360. The number of carbonyl (C=O) groups excluding carboxylic acids is 1. The Kier molecular flexibility index (Phi) is 8.22. The molecule has 3 rings (SSSR count). The van der Waals surface area contributed by atoms with Crippen LogP contribution >= 0.6 is 11.8 Å². The fourth-order valence-corrected chi connectivity index (χ4v) is 3.41. The average molecular weight is 427 g/mol. The molecule has 0 aliphatic heterocycles. The minimum Gasteiger partial charge on any atom is -0.484 e. The summed E-state index contributed by atoms with van der Waals surface area (Å²) in [7, 11) is 1.84. The van der Waals surface area contributed by atoms with E-state index in [0.717, 1.165) is 47.2 Å². The molecule has 8 nitrogen and oxygen atoms in total. The second kappa shape index (κ2) is 11.3. The zero-order valence-electron chi connectivity index (χ0n) is 17.2. The van der Waals surface area contributed by atoms with E-state index in [2.05, 4.69) is 26.2 Å². The van der Waals surface area contributed by atoms with Gasteiger partial charge in [-0.15, -0.1) is 5.10 Å². The number of anilines is 1. The standard InChI is InChI=1S/C21H26N6O2S/c1-16-4-8-18(9-5-16)23-20(28)15-29-19-10-6-17(7-11-19)14-22-12-3-13-30-21-24-25-26-27(21)2/h4-11,22H,3,12-15H2,1-2H3,(H,23,28). The van der Waals surface area contributed by atoms with Crippen LogP contribution in [0.15, 0.2) is 53.7 Å². The number of rotatable bonds is 11. The van der Waals surface area contributed by atoms with E-state index in [9.17, 15) is 4.79 Å². The first-order valence-corrected chi connectivity index (χ1v) is 10.7. The SMILES string of the molecule is Cc1ccc(NC(=O)COc2ccc(CNCCCSc3nnnn3C)cc2)cc1. The molecule has 0 atom stereocenters. The average Bonchev–Trinajstić information content (AvgIpc) is 3.16. The van der Waals surface area contributed by atoms with E-state index in [1.165, 1.54) is 0 Å². The molecule has 2 N–H and O–H groups in total. The van der Waals surface area contributed by atoms with Crippen molar-refractivity contribution < 1.29 is 9.53 Å². The van der Waals surface area contributed by atoms with E-state index in [-0.39, 0.29) is 12.5 Å². The number of ether oxygens (including phenoxy) is 1. The fraction of sp³-hybridized carbons (Fsp3) is 0.333. The van der Waals surface area contributed by atoms with Crippen LogP contribution in [-0.4, -0.2) is 45.0 Å². The minimum atomic E-state index is -0.181. The molecule has 0 spiro atoms. The third-order valence-electron chi connectivity index (χ3n) is 4.27. The number of aryl methyl sites for hydroxylation is 2. The summed E-state index contributed by atoms with van der Waals surface area (Å²) in [5.41, 5.74) is 3.08. The van der Waals surface area contributed by atoms with Gasteiger partial charge in [-0.1, -0.05) is 41.6 Å². The number of hydrogen-bond acceptors (Lipinski definition) is 7. The van der Waals surface area contributed by atoms with Crippen LogP contribution in [0.3, 0.4) is 0 Å². The Balaban J connectivity index is 1.30. The first-order chi connectivity index (χ1) is 14.6. The second-order valence-electron chi connectivity index (χ2n) is 6.81. The van der Waals surface area contributed by atoms with Gasteiger partial charge in [-0.2, -0.15) is 0 Å². The molecule has 0 saturated heterocycles. The van der Waals surface area contributed by atoms with Gasteiger partial charge in [0, 0.05) is 25.0 Å². The predicted molar refractivity (Wildman–Crippen MR) is 118 cm³/mol. The fourth-order valence-electron chi connectivity index (χ4n) is 2.62. The maximum absolute atomic E-state index is 12.0. The highest BCUT2D eigenvalue weighted by atomic mass is 32.2. The largest absolute Gasteiger partial charge is 0.484 e. The van der Waals surface area contributed by atoms with Crippen LogP contribution < -0.4 is 15.4 Å². The summed E-state index contributed by atoms with van der Waals surface area (Å²) < 4.78 is 7.24. The number of carbonyl (C=O) groups is 1. The smallest absolute Gasteiger partial charge is 0.262 e. The van der Waals surface area contributed by atoms with E-state index in [1.807, 2.05) is 62.5 Å². The molecule has 0 aliphatic carbocycles. The van der Waals surface area contributed by atoms with Gasteiger partial charge in [-0.25, -0.2) is 4.68 Å². The third kappa shape index (κ3) is 7.16. The Morgan fingerprint density at radius 2 is 1.90 bits per heavy atom. The van der Waals surface area contributed by atoms with Crippen molar-refractivity contribution >= 4 is 23.4 Å². The molecule has 2 aromatic carbocycles. The van der Waals surface area contributed by atoms with Gasteiger partial charge < -0.3 is 15.4 Å². The number of nitrogens with one attached hydrogen (secondary N) is 2.